The zero-order valence-corrected chi connectivity index (χ0v) is 17.5. The molecule has 0 radical (unpaired) electrons. The van der Waals surface area contributed by atoms with Crippen LogP contribution < -0.4 is 5.32 Å². The van der Waals surface area contributed by atoms with E-state index in [2.05, 4.69) is 15.5 Å². The van der Waals surface area contributed by atoms with Crippen molar-refractivity contribution in [3.63, 3.8) is 0 Å². The molecule has 1 aliphatic rings. The molecule has 150 valence electrons. The Labute approximate surface area is 171 Å². The highest BCUT2D eigenvalue weighted by Crippen LogP contribution is 2.38. The summed E-state index contributed by atoms with van der Waals surface area (Å²) in [7, 11) is 0. The van der Waals surface area contributed by atoms with Crippen molar-refractivity contribution in [2.75, 3.05) is 11.1 Å². The number of hydrogen-bond donors (Lipinski definition) is 1. The molecule has 0 fully saturated rings. The highest BCUT2D eigenvalue weighted by Gasteiger charge is 2.42. The predicted molar refractivity (Wildman–Crippen MR) is 110 cm³/mol. The highest BCUT2D eigenvalue weighted by molar-refractivity contribution is 8.02. The largest absolute Gasteiger partial charge is 0.378 e. The third-order valence-corrected chi connectivity index (χ3v) is 6.22. The summed E-state index contributed by atoms with van der Waals surface area (Å²) in [6, 6.07) is 6.90. The third-order valence-electron chi connectivity index (χ3n) is 4.40. The van der Waals surface area contributed by atoms with Crippen LogP contribution >= 0.6 is 23.5 Å². The lowest BCUT2D eigenvalue weighted by Crippen LogP contribution is -2.31. The van der Waals surface area contributed by atoms with E-state index in [0.717, 1.165) is 11.3 Å². The minimum atomic E-state index is -3.67. The second kappa shape index (κ2) is 8.65. The smallest absolute Gasteiger partial charge is 0.320 e. The summed E-state index contributed by atoms with van der Waals surface area (Å²) in [6.07, 6.45) is 1.99. The van der Waals surface area contributed by atoms with Crippen molar-refractivity contribution in [2.45, 2.75) is 49.6 Å². The molecule has 2 aromatic rings. The van der Waals surface area contributed by atoms with Gasteiger partial charge >= 0.3 is 11.2 Å². The van der Waals surface area contributed by atoms with Gasteiger partial charge in [-0.2, -0.15) is 8.78 Å². The van der Waals surface area contributed by atoms with Crippen LogP contribution in [0.5, 0.6) is 0 Å². The van der Waals surface area contributed by atoms with Gasteiger partial charge in [0.15, 0.2) is 5.16 Å². The summed E-state index contributed by atoms with van der Waals surface area (Å²) >= 11 is 1.77. The SMILES string of the molecule is CCn1c(SC(F)(F)C(=O)Nc2ccc(C(C)C)cc2)nnc1C1C=CSC1. The molecular formula is C19H22F2N4OS2. The van der Waals surface area contributed by atoms with Crippen LogP contribution in [0.25, 0.3) is 0 Å². The molecule has 5 nitrogen and oxygen atoms in total. The van der Waals surface area contributed by atoms with Crippen LogP contribution in [0, 0.1) is 0 Å². The van der Waals surface area contributed by atoms with Crippen LogP contribution in [0.1, 0.15) is 44.0 Å². The average Bonchev–Trinajstić information content (AvgIpc) is 3.31. The van der Waals surface area contributed by atoms with Gasteiger partial charge in [-0.15, -0.1) is 22.0 Å². The Bertz CT molecular complexity index is 865. The number of carbonyl (C=O) groups is 1. The molecule has 1 amide bonds. The van der Waals surface area contributed by atoms with Gasteiger partial charge in [-0.1, -0.05) is 32.1 Å². The summed E-state index contributed by atoms with van der Waals surface area (Å²) in [6.45, 7) is 6.37. The number of amides is 1. The van der Waals surface area contributed by atoms with E-state index >= 15 is 0 Å². The Morgan fingerprint density at radius 2 is 2.07 bits per heavy atom. The first-order valence-electron chi connectivity index (χ1n) is 9.01. The molecule has 1 N–H and O–H groups in total. The van der Waals surface area contributed by atoms with Gasteiger partial charge in [0.1, 0.15) is 5.82 Å². The van der Waals surface area contributed by atoms with Crippen LogP contribution in [-0.2, 0) is 11.3 Å². The Morgan fingerprint density at radius 3 is 2.64 bits per heavy atom. The number of thioether (sulfide) groups is 2. The van der Waals surface area contributed by atoms with Gasteiger partial charge in [0.05, 0.1) is 0 Å². The van der Waals surface area contributed by atoms with E-state index in [1.54, 1.807) is 28.5 Å². The number of aromatic nitrogens is 3. The first-order valence-corrected chi connectivity index (χ1v) is 10.9. The third kappa shape index (κ3) is 4.57. The minimum Gasteiger partial charge on any atom is -0.320 e. The fourth-order valence-corrected chi connectivity index (χ4v) is 4.46. The summed E-state index contributed by atoms with van der Waals surface area (Å²) in [5.41, 5.74) is 1.40. The molecule has 0 saturated carbocycles. The predicted octanol–water partition coefficient (Wildman–Crippen LogP) is 5.09. The van der Waals surface area contributed by atoms with Crippen molar-refractivity contribution >= 4 is 35.1 Å². The Hall–Kier alpha value is -1.87. The number of anilines is 1. The zero-order chi connectivity index (χ0) is 20.3. The van der Waals surface area contributed by atoms with Gasteiger partial charge in [0.25, 0.3) is 0 Å². The van der Waals surface area contributed by atoms with Crippen LogP contribution in [-0.4, -0.2) is 31.7 Å². The standard InChI is InChI=1S/C19H22F2N4OS2/c1-4-25-16(14-9-10-27-11-14)23-24-18(25)28-19(20,21)17(26)22-15-7-5-13(6-8-15)12(2)3/h5-10,12,14H,4,11H2,1-3H3,(H,22,26). The first kappa shape index (κ1) is 20.9. The molecule has 1 aliphatic heterocycles. The van der Waals surface area contributed by atoms with Crippen LogP contribution in [0.4, 0.5) is 14.5 Å². The number of allylic oxidation sites excluding steroid dienone is 1. The summed E-state index contributed by atoms with van der Waals surface area (Å²) in [5.74, 6) is 0.453. The molecular weight excluding hydrogens is 402 g/mol. The molecule has 1 aromatic carbocycles. The normalized spacial score (nSPS) is 16.7. The van der Waals surface area contributed by atoms with E-state index in [1.165, 1.54) is 0 Å². The molecule has 28 heavy (non-hydrogen) atoms. The molecule has 1 unspecified atom stereocenters. The number of alkyl halides is 2. The van der Waals surface area contributed by atoms with Crippen molar-refractivity contribution in [1.82, 2.24) is 14.8 Å². The van der Waals surface area contributed by atoms with E-state index in [0.29, 0.717) is 24.0 Å². The molecule has 1 aromatic heterocycles. The number of carbonyl (C=O) groups excluding carboxylic acids is 1. The van der Waals surface area contributed by atoms with Crippen molar-refractivity contribution < 1.29 is 13.6 Å². The van der Waals surface area contributed by atoms with Gasteiger partial charge in [-0.05, 0) is 47.7 Å². The van der Waals surface area contributed by atoms with Gasteiger partial charge in [0.2, 0.25) is 0 Å². The molecule has 9 heteroatoms. The van der Waals surface area contributed by atoms with E-state index in [9.17, 15) is 13.6 Å². The second-order valence-electron chi connectivity index (χ2n) is 6.70. The highest BCUT2D eigenvalue weighted by atomic mass is 32.2. The monoisotopic (exact) mass is 424 g/mol. The summed E-state index contributed by atoms with van der Waals surface area (Å²) in [5, 5.41) is 8.62. The average molecular weight is 425 g/mol. The fourth-order valence-electron chi connectivity index (χ4n) is 2.79. The Balaban J connectivity index is 1.72. The lowest BCUT2D eigenvalue weighted by atomic mass is 10.0. The van der Waals surface area contributed by atoms with Gasteiger partial charge < -0.3 is 9.88 Å². The number of halogens is 2. The molecule has 3 rings (SSSR count). The van der Waals surface area contributed by atoms with E-state index in [4.69, 9.17) is 0 Å². The van der Waals surface area contributed by atoms with Gasteiger partial charge in [-0.25, -0.2) is 0 Å². The lowest BCUT2D eigenvalue weighted by Gasteiger charge is -2.16. The molecule has 0 saturated heterocycles. The van der Waals surface area contributed by atoms with Crippen molar-refractivity contribution in [3.05, 3.63) is 47.1 Å². The minimum absolute atomic E-state index is 0.0399. The number of nitrogens with zero attached hydrogens (tertiary/aromatic N) is 3. The number of benzene rings is 1. The zero-order valence-electron chi connectivity index (χ0n) is 15.9. The van der Waals surface area contributed by atoms with E-state index in [-0.39, 0.29) is 22.8 Å². The maximum absolute atomic E-state index is 14.6. The fraction of sp³-hybridized carbons (Fsp3) is 0.421. The van der Waals surface area contributed by atoms with E-state index in [1.807, 2.05) is 44.4 Å². The van der Waals surface area contributed by atoms with Crippen molar-refractivity contribution in [3.8, 4) is 0 Å². The number of rotatable bonds is 7. The van der Waals surface area contributed by atoms with Crippen molar-refractivity contribution in [2.24, 2.45) is 0 Å². The van der Waals surface area contributed by atoms with E-state index < -0.39 is 11.2 Å². The lowest BCUT2D eigenvalue weighted by molar-refractivity contribution is -0.129. The van der Waals surface area contributed by atoms with Gasteiger partial charge in [0, 0.05) is 23.9 Å². The summed E-state index contributed by atoms with van der Waals surface area (Å²) < 4.78 is 30.7. The first-order chi connectivity index (χ1) is 13.3. The quantitative estimate of drug-likeness (QED) is 0.628. The van der Waals surface area contributed by atoms with Crippen LogP contribution in [0.2, 0.25) is 0 Å². The summed E-state index contributed by atoms with van der Waals surface area (Å²) in [4.78, 5) is 12.2. The maximum atomic E-state index is 14.6. The molecule has 1 atom stereocenters. The number of nitrogens with one attached hydrogen (secondary N) is 1. The molecule has 0 spiro atoms. The number of hydrogen-bond acceptors (Lipinski definition) is 5. The maximum Gasteiger partial charge on any atom is 0.378 e. The Morgan fingerprint density at radius 1 is 1.36 bits per heavy atom. The topological polar surface area (TPSA) is 59.8 Å². The molecule has 2 heterocycles. The van der Waals surface area contributed by atoms with Gasteiger partial charge in [-0.3, -0.25) is 4.79 Å². The molecule has 0 aliphatic carbocycles. The van der Waals surface area contributed by atoms with Crippen molar-refractivity contribution in [1.29, 1.82) is 0 Å². The second-order valence-corrected chi connectivity index (χ2v) is 8.72. The van der Waals surface area contributed by atoms with Crippen LogP contribution in [0.15, 0.2) is 40.9 Å². The molecule has 0 bridgehead atoms. The Kier molecular flexibility index (Phi) is 6.44. The van der Waals surface area contributed by atoms with Crippen LogP contribution in [0.3, 0.4) is 0 Å².